The zero-order valence-corrected chi connectivity index (χ0v) is 32.6. The van der Waals surface area contributed by atoms with Crippen molar-refractivity contribution in [1.29, 1.82) is 0 Å². The highest BCUT2D eigenvalue weighted by molar-refractivity contribution is 9.10. The highest BCUT2D eigenvalue weighted by Gasteiger charge is 2.29. The lowest BCUT2D eigenvalue weighted by atomic mass is 9.93. The van der Waals surface area contributed by atoms with Gasteiger partial charge in [-0.25, -0.2) is 17.7 Å². The van der Waals surface area contributed by atoms with Crippen LogP contribution in [0.1, 0.15) is 43.4 Å². The fourth-order valence-electron chi connectivity index (χ4n) is 6.07. The Morgan fingerprint density at radius 2 is 1.51 bits per heavy atom. The maximum Gasteiger partial charge on any atom is 0.343 e. The average molecular weight is 822 g/mol. The summed E-state index contributed by atoms with van der Waals surface area (Å²) in [5.41, 5.74) is 3.46. The van der Waals surface area contributed by atoms with Crippen molar-refractivity contribution in [2.45, 2.75) is 48.6 Å². The smallest absolute Gasteiger partial charge is 0.343 e. The van der Waals surface area contributed by atoms with Gasteiger partial charge in [0.25, 0.3) is 10.1 Å². The number of alkyl halides is 1. The number of sulfonamides is 1. The van der Waals surface area contributed by atoms with Gasteiger partial charge in [-0.2, -0.15) is 8.42 Å². The Kier molecular flexibility index (Phi) is 11.6. The van der Waals surface area contributed by atoms with Gasteiger partial charge in [0.05, 0.1) is 15.9 Å². The van der Waals surface area contributed by atoms with E-state index in [9.17, 15) is 35.7 Å². The molecule has 1 aliphatic carbocycles. The van der Waals surface area contributed by atoms with E-state index >= 15 is 0 Å². The van der Waals surface area contributed by atoms with Crippen LogP contribution in [-0.4, -0.2) is 57.4 Å². The molecular formula is C35H40BrN3O9PS2+. The summed E-state index contributed by atoms with van der Waals surface area (Å²) in [4.78, 5) is 20.2. The van der Waals surface area contributed by atoms with Crippen molar-refractivity contribution in [2.75, 3.05) is 31.1 Å². The van der Waals surface area contributed by atoms with E-state index < -0.39 is 37.2 Å². The van der Waals surface area contributed by atoms with Crippen LogP contribution in [0.3, 0.4) is 0 Å². The molecule has 1 aliphatic heterocycles. The predicted octanol–water partition coefficient (Wildman–Crippen LogP) is 6.16. The molecule has 51 heavy (non-hydrogen) atoms. The number of anilines is 1. The molecule has 0 fully saturated rings. The van der Waals surface area contributed by atoms with E-state index in [1.807, 2.05) is 64.1 Å². The Balaban J connectivity index is 1.73. The predicted molar refractivity (Wildman–Crippen MR) is 202 cm³/mol. The number of halogens is 1. The number of fused-ring (bicyclic) bond motifs is 2. The van der Waals surface area contributed by atoms with E-state index in [0.29, 0.717) is 39.0 Å². The molecule has 2 aliphatic rings. The molecule has 272 valence electrons. The van der Waals surface area contributed by atoms with Crippen LogP contribution >= 0.6 is 23.5 Å². The summed E-state index contributed by atoms with van der Waals surface area (Å²) in [7, 11) is -13.7. The number of nitrogens with one attached hydrogen (secondary N) is 1. The standard InChI is InChI=1S/C35H39BrN3O9PS2/c1-5-38(6-2)25-13-16-28-31(19-25)48-32-20-26(39(7-3)8-4)14-17-29(32)34(28)30-18-15-27(51(45,46)47)21-33(30)50(43,44)37-22-23-9-11-24(12-10-23)35(36)49(40,41)42/h9-21,35,37H,5-8,22H2,1-4H3,(H2-,40,41,42,45,46,47)/p+1. The Bertz CT molecular complexity index is 2380. The first-order chi connectivity index (χ1) is 24.0. The summed E-state index contributed by atoms with van der Waals surface area (Å²) in [6.07, 6.45) is 0. The highest BCUT2D eigenvalue weighted by Crippen LogP contribution is 2.55. The molecule has 0 radical (unpaired) electrons. The minimum Gasteiger partial charge on any atom is -0.456 e. The van der Waals surface area contributed by atoms with Crippen LogP contribution in [-0.2, 0) is 31.3 Å². The number of hydrogen-bond donors (Lipinski definition) is 4. The monoisotopic (exact) mass is 820 g/mol. The number of hydrogen-bond acceptors (Lipinski definition) is 7. The van der Waals surface area contributed by atoms with Gasteiger partial charge in [0, 0.05) is 59.5 Å². The summed E-state index contributed by atoms with van der Waals surface area (Å²) in [5.74, 6) is 0.495. The second-order valence-electron chi connectivity index (χ2n) is 11.8. The van der Waals surface area contributed by atoms with Crippen LogP contribution in [0.15, 0.2) is 93.1 Å². The fraction of sp³-hybridized carbons (Fsp3) is 0.286. The highest BCUT2D eigenvalue weighted by atomic mass is 79.9. The molecular weight excluding hydrogens is 781 g/mol. The van der Waals surface area contributed by atoms with Crippen molar-refractivity contribution in [3.63, 3.8) is 0 Å². The summed E-state index contributed by atoms with van der Waals surface area (Å²) < 4.78 is 84.5. The minimum absolute atomic E-state index is 0.186. The van der Waals surface area contributed by atoms with Gasteiger partial charge in [-0.05, 0) is 69.2 Å². The molecule has 0 aromatic heterocycles. The molecule has 4 N–H and O–H groups in total. The third kappa shape index (κ3) is 8.31. The van der Waals surface area contributed by atoms with E-state index in [4.69, 9.17) is 4.42 Å². The minimum atomic E-state index is -4.79. The summed E-state index contributed by atoms with van der Waals surface area (Å²) in [6, 6.07) is 20.8. The van der Waals surface area contributed by atoms with Crippen LogP contribution < -0.4 is 19.6 Å². The quantitative estimate of drug-likeness (QED) is 0.0354. The fourth-order valence-corrected chi connectivity index (χ4v) is 8.77. The van der Waals surface area contributed by atoms with Crippen molar-refractivity contribution >= 4 is 60.3 Å². The summed E-state index contributed by atoms with van der Waals surface area (Å²) in [5, 5.41) is 1.51. The van der Waals surface area contributed by atoms with Gasteiger partial charge in [0.1, 0.15) is 29.0 Å². The molecule has 0 saturated heterocycles. The maximum absolute atomic E-state index is 14.2. The first-order valence-electron chi connectivity index (χ1n) is 16.3. The molecule has 12 nitrogen and oxygen atoms in total. The second-order valence-corrected chi connectivity index (χ2v) is 18.3. The molecule has 1 unspecified atom stereocenters. The maximum atomic E-state index is 14.2. The van der Waals surface area contributed by atoms with Gasteiger partial charge in [-0.1, -0.05) is 46.3 Å². The second kappa shape index (κ2) is 15.3. The molecule has 1 atom stereocenters. The van der Waals surface area contributed by atoms with E-state index in [1.165, 1.54) is 30.3 Å². The zero-order valence-electron chi connectivity index (χ0n) is 28.4. The lowest BCUT2D eigenvalue weighted by molar-refractivity contribution is 0.371. The molecule has 16 heteroatoms. The summed E-state index contributed by atoms with van der Waals surface area (Å²) >= 11 is 3.00. The van der Waals surface area contributed by atoms with Crippen LogP contribution in [0.5, 0.6) is 0 Å². The van der Waals surface area contributed by atoms with E-state index in [0.717, 1.165) is 49.4 Å². The molecule has 1 heterocycles. The van der Waals surface area contributed by atoms with E-state index in [-0.39, 0.29) is 17.0 Å². The number of benzene rings is 4. The van der Waals surface area contributed by atoms with Crippen LogP contribution in [0.2, 0.25) is 0 Å². The molecule has 3 aromatic rings. The van der Waals surface area contributed by atoms with Crippen molar-refractivity contribution in [2.24, 2.45) is 0 Å². The third-order valence-electron chi connectivity index (χ3n) is 8.77. The normalized spacial score (nSPS) is 13.1. The average Bonchev–Trinajstić information content (AvgIpc) is 3.09. The van der Waals surface area contributed by atoms with Crippen LogP contribution in [0.25, 0.3) is 33.4 Å². The van der Waals surface area contributed by atoms with Crippen molar-refractivity contribution in [3.8, 4) is 22.5 Å². The molecule has 5 rings (SSSR count). The lowest BCUT2D eigenvalue weighted by Crippen LogP contribution is -2.29. The van der Waals surface area contributed by atoms with Crippen molar-refractivity contribution in [1.82, 2.24) is 9.30 Å². The van der Waals surface area contributed by atoms with Crippen molar-refractivity contribution < 1.29 is 40.2 Å². The van der Waals surface area contributed by atoms with Crippen molar-refractivity contribution in [3.05, 3.63) is 95.3 Å². The molecule has 0 amide bonds. The summed E-state index contributed by atoms with van der Waals surface area (Å²) in [6.45, 7) is 11.0. The van der Waals surface area contributed by atoms with E-state index in [1.54, 1.807) is 0 Å². The Labute approximate surface area is 305 Å². The molecule has 3 aromatic carbocycles. The van der Waals surface area contributed by atoms with Gasteiger partial charge in [-0.15, -0.1) is 0 Å². The first-order valence-corrected chi connectivity index (χ1v) is 21.8. The Morgan fingerprint density at radius 1 is 0.863 bits per heavy atom. The van der Waals surface area contributed by atoms with Gasteiger partial charge < -0.3 is 19.1 Å². The van der Waals surface area contributed by atoms with Gasteiger partial charge in [-0.3, -0.25) is 9.12 Å². The third-order valence-corrected chi connectivity index (χ3v) is 14.1. The Hall–Kier alpha value is -3.40. The molecule has 0 spiro atoms. The number of nitrogens with zero attached hydrogens (tertiary/aromatic N) is 2. The lowest BCUT2D eigenvalue weighted by Gasteiger charge is -2.23. The largest absolute Gasteiger partial charge is 0.456 e. The van der Waals surface area contributed by atoms with Crippen LogP contribution in [0, 0.1) is 0 Å². The molecule has 0 saturated carbocycles. The zero-order chi connectivity index (χ0) is 37.3. The van der Waals surface area contributed by atoms with Gasteiger partial charge in [0.2, 0.25) is 15.4 Å². The van der Waals surface area contributed by atoms with Gasteiger partial charge in [0.15, 0.2) is 0 Å². The topological polar surface area (TPSA) is 177 Å². The SMILES string of the molecule is CCN(CC)c1ccc2c(-c3ccc(S(=O)(=O)O)cc3S(=O)(=O)NCc3ccc(C(Br)P(=O)(O)O)cc3)c3ccc(=[N+](CC)CC)cc-3oc2c1. The molecule has 0 bridgehead atoms. The number of rotatable bonds is 13. The first kappa shape index (κ1) is 38.8. The Morgan fingerprint density at radius 3 is 2.10 bits per heavy atom. The van der Waals surface area contributed by atoms with Gasteiger partial charge >= 0.3 is 7.60 Å². The van der Waals surface area contributed by atoms with E-state index in [2.05, 4.69) is 30.1 Å². The van der Waals surface area contributed by atoms with Crippen LogP contribution in [0.4, 0.5) is 5.69 Å².